The molecule has 1 atom stereocenters. The van der Waals surface area contributed by atoms with Crippen LogP contribution in [0, 0.1) is 0 Å². The van der Waals surface area contributed by atoms with E-state index in [9.17, 15) is 8.42 Å². The number of nitrogens with one attached hydrogen (secondary N) is 1. The number of hydrogen-bond donors (Lipinski definition) is 1. The van der Waals surface area contributed by atoms with Crippen molar-refractivity contribution >= 4 is 43.9 Å². The molecular weight excluding hydrogens is 328 g/mol. The van der Waals surface area contributed by atoms with Crippen molar-refractivity contribution in [1.82, 2.24) is 13.7 Å². The van der Waals surface area contributed by atoms with Crippen LogP contribution < -0.4 is 5.32 Å². The number of rotatable bonds is 5. The number of nitrogens with zero attached hydrogens (tertiary/aromatic N) is 3. The summed E-state index contributed by atoms with van der Waals surface area (Å²) < 4.78 is 29.2. The van der Waals surface area contributed by atoms with Crippen molar-refractivity contribution in [3.05, 3.63) is 11.6 Å². The second kappa shape index (κ2) is 5.79. The van der Waals surface area contributed by atoms with Crippen molar-refractivity contribution in [3.63, 3.8) is 0 Å². The van der Waals surface area contributed by atoms with Gasteiger partial charge in [-0.25, -0.2) is 13.4 Å². The SMILES string of the molecule is CCNc1nc2sccn2c1S(=O)(=O)N(C)C1CCSC1. The molecule has 2 aromatic rings. The molecule has 1 aliphatic heterocycles. The number of hydrogen-bond acceptors (Lipinski definition) is 6. The molecule has 0 saturated carbocycles. The summed E-state index contributed by atoms with van der Waals surface area (Å²) in [5.41, 5.74) is 0. The Hall–Kier alpha value is -0.770. The summed E-state index contributed by atoms with van der Waals surface area (Å²) in [5.74, 6) is 2.32. The average molecular weight is 347 g/mol. The molecule has 6 nitrogen and oxygen atoms in total. The lowest BCUT2D eigenvalue weighted by Crippen LogP contribution is -2.37. The highest BCUT2D eigenvalue weighted by molar-refractivity contribution is 7.99. The average Bonchev–Trinajstić information content (AvgIpc) is 3.13. The quantitative estimate of drug-likeness (QED) is 0.896. The molecule has 0 radical (unpaired) electrons. The van der Waals surface area contributed by atoms with Gasteiger partial charge in [0, 0.05) is 37.0 Å². The smallest absolute Gasteiger partial charge is 0.262 e. The van der Waals surface area contributed by atoms with Crippen molar-refractivity contribution in [2.45, 2.75) is 24.4 Å². The first-order valence-electron chi connectivity index (χ1n) is 6.81. The van der Waals surface area contributed by atoms with Crippen molar-refractivity contribution in [1.29, 1.82) is 0 Å². The first-order valence-corrected chi connectivity index (χ1v) is 10.3. The predicted octanol–water partition coefficient (Wildman–Crippen LogP) is 1.95. The topological polar surface area (TPSA) is 66.7 Å². The van der Waals surface area contributed by atoms with E-state index in [0.717, 1.165) is 17.9 Å². The molecule has 3 heterocycles. The van der Waals surface area contributed by atoms with E-state index < -0.39 is 10.0 Å². The second-order valence-corrected chi connectivity index (χ2v) is 8.83. The van der Waals surface area contributed by atoms with Crippen LogP contribution in [0.2, 0.25) is 0 Å². The lowest BCUT2D eigenvalue weighted by molar-refractivity contribution is 0.393. The van der Waals surface area contributed by atoms with E-state index in [-0.39, 0.29) is 11.1 Å². The fourth-order valence-electron chi connectivity index (χ4n) is 2.44. The first kappa shape index (κ1) is 15.1. The highest BCUT2D eigenvalue weighted by Crippen LogP contribution is 2.31. The molecule has 1 unspecified atom stereocenters. The van der Waals surface area contributed by atoms with Gasteiger partial charge in [0.2, 0.25) is 0 Å². The van der Waals surface area contributed by atoms with Gasteiger partial charge in [-0.05, 0) is 19.1 Å². The van der Waals surface area contributed by atoms with Crippen LogP contribution in [0.15, 0.2) is 16.6 Å². The first-order chi connectivity index (χ1) is 10.1. The lowest BCUT2D eigenvalue weighted by Gasteiger charge is -2.23. The van der Waals surface area contributed by atoms with E-state index in [4.69, 9.17) is 0 Å². The monoisotopic (exact) mass is 346 g/mol. The molecule has 0 bridgehead atoms. The molecule has 116 valence electrons. The van der Waals surface area contributed by atoms with E-state index in [1.807, 2.05) is 12.3 Å². The third-order valence-corrected chi connectivity index (χ3v) is 7.44. The molecule has 0 amide bonds. The molecule has 1 N–H and O–H groups in total. The number of thioether (sulfide) groups is 1. The van der Waals surface area contributed by atoms with Gasteiger partial charge in [-0.1, -0.05) is 0 Å². The van der Waals surface area contributed by atoms with E-state index in [1.54, 1.807) is 29.4 Å². The highest BCUT2D eigenvalue weighted by atomic mass is 32.2. The van der Waals surface area contributed by atoms with E-state index in [0.29, 0.717) is 17.3 Å². The normalized spacial score (nSPS) is 19.7. The Bertz CT molecular complexity index is 731. The molecule has 3 rings (SSSR count). The zero-order chi connectivity index (χ0) is 15.0. The minimum atomic E-state index is -3.56. The van der Waals surface area contributed by atoms with Gasteiger partial charge in [0.05, 0.1) is 0 Å². The number of fused-ring (bicyclic) bond motifs is 1. The molecule has 9 heteroatoms. The Morgan fingerprint density at radius 1 is 1.57 bits per heavy atom. The van der Waals surface area contributed by atoms with E-state index >= 15 is 0 Å². The summed E-state index contributed by atoms with van der Waals surface area (Å²) in [4.78, 5) is 5.09. The second-order valence-electron chi connectivity index (χ2n) is 4.89. The summed E-state index contributed by atoms with van der Waals surface area (Å²) in [6.07, 6.45) is 2.67. The van der Waals surface area contributed by atoms with E-state index in [1.165, 1.54) is 15.6 Å². The summed E-state index contributed by atoms with van der Waals surface area (Å²) in [5, 5.41) is 5.17. The Morgan fingerprint density at radius 3 is 3.05 bits per heavy atom. The van der Waals surface area contributed by atoms with Crippen LogP contribution in [0.3, 0.4) is 0 Å². The number of aromatic nitrogens is 2. The fourth-order valence-corrected chi connectivity index (χ4v) is 6.17. The minimum Gasteiger partial charge on any atom is -0.368 e. The third kappa shape index (κ3) is 2.56. The summed E-state index contributed by atoms with van der Waals surface area (Å²) in [6.45, 7) is 2.57. The lowest BCUT2D eigenvalue weighted by atomic mass is 10.3. The molecule has 2 aromatic heterocycles. The molecule has 1 aliphatic rings. The van der Waals surface area contributed by atoms with Crippen molar-refractivity contribution in [2.75, 3.05) is 30.4 Å². The summed E-state index contributed by atoms with van der Waals surface area (Å²) in [7, 11) is -1.89. The van der Waals surface area contributed by atoms with Crippen LogP contribution >= 0.6 is 23.1 Å². The largest absolute Gasteiger partial charge is 0.368 e. The molecule has 0 spiro atoms. The predicted molar refractivity (Wildman–Crippen MR) is 87.9 cm³/mol. The van der Waals surface area contributed by atoms with Gasteiger partial charge < -0.3 is 5.32 Å². The number of sulfonamides is 1. The van der Waals surface area contributed by atoms with Crippen LogP contribution in [-0.4, -0.2) is 53.2 Å². The van der Waals surface area contributed by atoms with Gasteiger partial charge >= 0.3 is 0 Å². The maximum absolute atomic E-state index is 13.0. The van der Waals surface area contributed by atoms with Gasteiger partial charge in [0.1, 0.15) is 0 Å². The molecule has 0 aromatic carbocycles. The van der Waals surface area contributed by atoms with Crippen LogP contribution in [0.25, 0.3) is 4.96 Å². The van der Waals surface area contributed by atoms with Crippen LogP contribution in [0.5, 0.6) is 0 Å². The molecular formula is C12H18N4O2S3. The van der Waals surface area contributed by atoms with Crippen molar-refractivity contribution in [2.24, 2.45) is 0 Å². The van der Waals surface area contributed by atoms with Gasteiger partial charge in [-0.2, -0.15) is 16.1 Å². The van der Waals surface area contributed by atoms with Gasteiger partial charge in [0.15, 0.2) is 15.8 Å². The van der Waals surface area contributed by atoms with Crippen LogP contribution in [-0.2, 0) is 10.0 Å². The molecule has 21 heavy (non-hydrogen) atoms. The maximum Gasteiger partial charge on any atom is 0.262 e. The van der Waals surface area contributed by atoms with Crippen molar-refractivity contribution < 1.29 is 8.42 Å². The summed E-state index contributed by atoms with van der Waals surface area (Å²) >= 11 is 3.23. The molecule has 0 aliphatic carbocycles. The fraction of sp³-hybridized carbons (Fsp3) is 0.583. The maximum atomic E-state index is 13.0. The van der Waals surface area contributed by atoms with E-state index in [2.05, 4.69) is 10.3 Å². The molecule has 1 fully saturated rings. The van der Waals surface area contributed by atoms with Crippen LogP contribution in [0.4, 0.5) is 5.82 Å². The third-order valence-electron chi connectivity index (χ3n) is 3.61. The Kier molecular flexibility index (Phi) is 4.17. The van der Waals surface area contributed by atoms with Crippen molar-refractivity contribution in [3.8, 4) is 0 Å². The van der Waals surface area contributed by atoms with Gasteiger partial charge in [-0.3, -0.25) is 4.40 Å². The number of thiazole rings is 1. The Balaban J connectivity index is 2.08. The molecule has 1 saturated heterocycles. The Morgan fingerprint density at radius 2 is 2.38 bits per heavy atom. The standard InChI is InChI=1S/C12H18N4O2S3/c1-3-13-10-11(16-5-7-20-12(16)14-10)21(17,18)15(2)9-4-6-19-8-9/h5,7,9,13H,3-4,6,8H2,1-2H3. The minimum absolute atomic E-state index is 0.0682. The number of imidazole rings is 1. The zero-order valence-electron chi connectivity index (χ0n) is 11.9. The Labute approximate surface area is 132 Å². The van der Waals surface area contributed by atoms with Crippen LogP contribution in [0.1, 0.15) is 13.3 Å². The number of anilines is 1. The zero-order valence-corrected chi connectivity index (χ0v) is 14.4. The highest BCUT2D eigenvalue weighted by Gasteiger charge is 2.35. The van der Waals surface area contributed by atoms with Gasteiger partial charge in [0.25, 0.3) is 10.0 Å². The van der Waals surface area contributed by atoms with Gasteiger partial charge in [-0.15, -0.1) is 11.3 Å². The summed E-state index contributed by atoms with van der Waals surface area (Å²) in [6, 6.07) is 0.0682.